The smallest absolute Gasteiger partial charge is 0.430 e. The molecule has 2 rings (SSSR count). The second-order valence-corrected chi connectivity index (χ2v) is 4.49. The Hall–Kier alpha value is -2.96. The van der Waals surface area contributed by atoms with Crippen LogP contribution in [0.15, 0.2) is 46.1 Å². The van der Waals surface area contributed by atoms with Gasteiger partial charge in [0.2, 0.25) is 0 Å². The second-order valence-electron chi connectivity index (χ2n) is 4.49. The third-order valence-corrected chi connectivity index (χ3v) is 3.02. The fourth-order valence-corrected chi connectivity index (χ4v) is 1.85. The number of carbonyl (C=O) groups excluding carboxylic acids is 2. The average Bonchev–Trinajstić information content (AvgIpc) is 2.52. The summed E-state index contributed by atoms with van der Waals surface area (Å²) in [4.78, 5) is 26.7. The number of hydrogen-bond donors (Lipinski definition) is 1. The van der Waals surface area contributed by atoms with Crippen LogP contribution in [0.4, 0.5) is 10.5 Å². The lowest BCUT2D eigenvalue weighted by atomic mass is 10.1. The summed E-state index contributed by atoms with van der Waals surface area (Å²) in [5.41, 5.74) is 2.33. The van der Waals surface area contributed by atoms with Gasteiger partial charge in [-0.3, -0.25) is 9.79 Å². The third-order valence-electron chi connectivity index (χ3n) is 3.02. The summed E-state index contributed by atoms with van der Waals surface area (Å²) in [6, 6.07) is 7.06. The summed E-state index contributed by atoms with van der Waals surface area (Å²) >= 11 is 0. The molecule has 0 bridgehead atoms. The zero-order valence-electron chi connectivity index (χ0n) is 12.4. The van der Waals surface area contributed by atoms with Crippen molar-refractivity contribution in [3.8, 4) is 0 Å². The molecule has 0 fully saturated rings. The Labute approximate surface area is 128 Å². The summed E-state index contributed by atoms with van der Waals surface area (Å²) in [5.74, 6) is -0.325. The summed E-state index contributed by atoms with van der Waals surface area (Å²) in [6.45, 7) is 5.18. The molecule has 7 nitrogen and oxygen atoms in total. The van der Waals surface area contributed by atoms with Crippen LogP contribution in [-0.4, -0.2) is 43.1 Å². The van der Waals surface area contributed by atoms with Gasteiger partial charge >= 0.3 is 6.09 Å². The summed E-state index contributed by atoms with van der Waals surface area (Å²) in [6.07, 6.45) is 1.10. The van der Waals surface area contributed by atoms with Crippen molar-refractivity contribution >= 4 is 30.1 Å². The SMILES string of the molecule is C=N/C(=C\C)C(=O)Nc1ccc(C2=NN(C)C(=O)OC2)cc1. The van der Waals surface area contributed by atoms with E-state index in [1.54, 1.807) is 37.3 Å². The minimum Gasteiger partial charge on any atom is -0.442 e. The summed E-state index contributed by atoms with van der Waals surface area (Å²) < 4.78 is 4.97. The highest BCUT2D eigenvalue weighted by atomic mass is 16.6. The number of nitrogens with zero attached hydrogens (tertiary/aromatic N) is 3. The molecule has 0 aromatic heterocycles. The van der Waals surface area contributed by atoms with Crippen molar-refractivity contribution in [2.75, 3.05) is 19.0 Å². The van der Waals surface area contributed by atoms with Crippen LogP contribution in [0.25, 0.3) is 0 Å². The van der Waals surface area contributed by atoms with Crippen molar-refractivity contribution < 1.29 is 14.3 Å². The van der Waals surface area contributed by atoms with Gasteiger partial charge in [-0.1, -0.05) is 18.2 Å². The molecule has 0 saturated carbocycles. The molecule has 2 amide bonds. The number of hydrogen-bond acceptors (Lipinski definition) is 5. The Morgan fingerprint density at radius 3 is 2.68 bits per heavy atom. The van der Waals surface area contributed by atoms with E-state index in [1.165, 1.54) is 7.05 Å². The molecule has 1 N–H and O–H groups in total. The van der Waals surface area contributed by atoms with Crippen LogP contribution < -0.4 is 5.32 Å². The molecule has 1 aromatic carbocycles. The largest absolute Gasteiger partial charge is 0.442 e. The Balaban J connectivity index is 2.11. The topological polar surface area (TPSA) is 83.4 Å². The maximum atomic E-state index is 11.8. The second kappa shape index (κ2) is 6.66. The fraction of sp³-hybridized carbons (Fsp3) is 0.200. The van der Waals surface area contributed by atoms with Crippen molar-refractivity contribution in [2.45, 2.75) is 6.92 Å². The van der Waals surface area contributed by atoms with Gasteiger partial charge < -0.3 is 10.1 Å². The van der Waals surface area contributed by atoms with E-state index >= 15 is 0 Å². The molecule has 7 heteroatoms. The number of rotatable bonds is 4. The van der Waals surface area contributed by atoms with E-state index in [4.69, 9.17) is 4.74 Å². The van der Waals surface area contributed by atoms with E-state index in [0.29, 0.717) is 11.4 Å². The monoisotopic (exact) mass is 300 g/mol. The van der Waals surface area contributed by atoms with Gasteiger partial charge in [0.25, 0.3) is 5.91 Å². The normalized spacial score (nSPS) is 15.0. The predicted octanol–water partition coefficient (Wildman–Crippen LogP) is 2.02. The van der Waals surface area contributed by atoms with Crippen molar-refractivity contribution in [2.24, 2.45) is 10.1 Å². The number of nitrogens with one attached hydrogen (secondary N) is 1. The van der Waals surface area contributed by atoms with E-state index < -0.39 is 6.09 Å². The number of amides is 2. The Morgan fingerprint density at radius 1 is 1.45 bits per heavy atom. The molecular weight excluding hydrogens is 284 g/mol. The number of aliphatic imine (C=N–C) groups is 1. The van der Waals surface area contributed by atoms with Gasteiger partial charge in [-0.15, -0.1) is 0 Å². The van der Waals surface area contributed by atoms with Crippen LogP contribution in [0.1, 0.15) is 12.5 Å². The minimum absolute atomic E-state index is 0.123. The van der Waals surface area contributed by atoms with Gasteiger partial charge in [0.15, 0.2) is 0 Å². The first-order valence-corrected chi connectivity index (χ1v) is 6.58. The van der Waals surface area contributed by atoms with Crippen molar-refractivity contribution in [1.82, 2.24) is 5.01 Å². The Morgan fingerprint density at radius 2 is 2.14 bits per heavy atom. The number of cyclic esters (lactones) is 1. The molecule has 0 saturated heterocycles. The lowest BCUT2D eigenvalue weighted by Gasteiger charge is -2.19. The number of allylic oxidation sites excluding steroid dienone is 1. The molecule has 1 aliphatic heterocycles. The summed E-state index contributed by atoms with van der Waals surface area (Å²) in [7, 11) is 1.52. The van der Waals surface area contributed by atoms with Crippen LogP contribution in [0, 0.1) is 0 Å². The lowest BCUT2D eigenvalue weighted by molar-refractivity contribution is -0.112. The van der Waals surface area contributed by atoms with Crippen molar-refractivity contribution in [3.63, 3.8) is 0 Å². The van der Waals surface area contributed by atoms with Gasteiger partial charge in [0.05, 0.1) is 0 Å². The van der Waals surface area contributed by atoms with Crippen LogP contribution in [0.5, 0.6) is 0 Å². The molecule has 1 aromatic rings. The maximum Gasteiger partial charge on any atom is 0.430 e. The quantitative estimate of drug-likeness (QED) is 0.682. The first-order valence-electron chi connectivity index (χ1n) is 6.58. The molecule has 0 unspecified atom stereocenters. The van der Waals surface area contributed by atoms with Gasteiger partial charge in [0, 0.05) is 18.3 Å². The van der Waals surface area contributed by atoms with Gasteiger partial charge in [-0.2, -0.15) is 5.10 Å². The number of carbonyl (C=O) groups is 2. The highest BCUT2D eigenvalue weighted by molar-refractivity contribution is 6.05. The van der Waals surface area contributed by atoms with E-state index in [9.17, 15) is 9.59 Å². The fourth-order valence-electron chi connectivity index (χ4n) is 1.85. The highest BCUT2D eigenvalue weighted by Gasteiger charge is 2.19. The molecule has 22 heavy (non-hydrogen) atoms. The van der Waals surface area contributed by atoms with Crippen LogP contribution in [0.3, 0.4) is 0 Å². The average molecular weight is 300 g/mol. The molecule has 0 spiro atoms. The van der Waals surface area contributed by atoms with Crippen LogP contribution in [0.2, 0.25) is 0 Å². The molecule has 0 atom stereocenters. The van der Waals surface area contributed by atoms with Crippen molar-refractivity contribution in [1.29, 1.82) is 0 Å². The molecule has 114 valence electrons. The Kier molecular flexibility index (Phi) is 4.67. The van der Waals surface area contributed by atoms with E-state index in [-0.39, 0.29) is 18.2 Å². The summed E-state index contributed by atoms with van der Waals surface area (Å²) in [5, 5.41) is 7.99. The van der Waals surface area contributed by atoms with Crippen molar-refractivity contribution in [3.05, 3.63) is 41.6 Å². The predicted molar refractivity (Wildman–Crippen MR) is 84.0 cm³/mol. The van der Waals surface area contributed by atoms with Crippen LogP contribution >= 0.6 is 0 Å². The van der Waals surface area contributed by atoms with Crippen LogP contribution in [-0.2, 0) is 9.53 Å². The standard InChI is InChI=1S/C15H16N4O3/c1-4-12(16-2)14(20)17-11-7-5-10(6-8-11)13-9-22-15(21)19(3)18-13/h4-8H,2,9H2,1,3H3,(H,17,20)/b12-4-. The van der Waals surface area contributed by atoms with E-state index in [0.717, 1.165) is 10.6 Å². The zero-order chi connectivity index (χ0) is 16.1. The maximum absolute atomic E-state index is 11.8. The Bertz CT molecular complexity index is 662. The minimum atomic E-state index is -0.483. The first kappa shape index (κ1) is 15.4. The first-order chi connectivity index (χ1) is 10.5. The number of anilines is 1. The number of ether oxygens (including phenoxy) is 1. The zero-order valence-corrected chi connectivity index (χ0v) is 12.4. The third kappa shape index (κ3) is 3.38. The number of hydrazone groups is 1. The van der Waals surface area contributed by atoms with E-state index in [1.807, 2.05) is 0 Å². The molecule has 0 aliphatic carbocycles. The number of benzene rings is 1. The lowest BCUT2D eigenvalue weighted by Crippen LogP contribution is -2.32. The van der Waals surface area contributed by atoms with Gasteiger partial charge in [-0.05, 0) is 25.8 Å². The molecule has 0 radical (unpaired) electrons. The molecule has 1 heterocycles. The van der Waals surface area contributed by atoms with Gasteiger partial charge in [0.1, 0.15) is 18.0 Å². The van der Waals surface area contributed by atoms with E-state index in [2.05, 4.69) is 22.1 Å². The molecular formula is C15H16N4O3. The molecule has 1 aliphatic rings. The van der Waals surface area contributed by atoms with Gasteiger partial charge in [-0.25, -0.2) is 9.80 Å². The highest BCUT2D eigenvalue weighted by Crippen LogP contribution is 2.14.